The van der Waals surface area contributed by atoms with E-state index in [1.807, 2.05) is 0 Å². The number of hydrogen-bond donors (Lipinski definition) is 2. The molecule has 0 bridgehead atoms. The Morgan fingerprint density at radius 2 is 2.19 bits per heavy atom. The molecule has 0 saturated carbocycles. The molecule has 1 fully saturated rings. The normalized spacial score (nSPS) is 18.9. The monoisotopic (exact) mass is 304 g/mol. The molecular weight excluding hydrogens is 289 g/mol. The van der Waals surface area contributed by atoms with Crippen LogP contribution in [0.15, 0.2) is 18.2 Å². The quantitative estimate of drug-likeness (QED) is 0.834. The van der Waals surface area contributed by atoms with Crippen molar-refractivity contribution in [2.45, 2.75) is 25.2 Å². The second kappa shape index (κ2) is 5.80. The first-order valence-corrected chi connectivity index (χ1v) is 6.39. The number of nitrogens with two attached hydrogens (primary N) is 1. The zero-order valence-corrected chi connectivity index (χ0v) is 11.1. The second-order valence-corrected chi connectivity index (χ2v) is 4.78. The van der Waals surface area contributed by atoms with Crippen molar-refractivity contribution in [3.63, 3.8) is 0 Å². The number of amides is 1. The molecule has 8 heteroatoms. The molecule has 3 N–H and O–H groups in total. The zero-order valence-electron chi connectivity index (χ0n) is 11.1. The van der Waals surface area contributed by atoms with Gasteiger partial charge in [0.05, 0.1) is 18.3 Å². The highest BCUT2D eigenvalue weighted by atomic mass is 19.4. The van der Waals surface area contributed by atoms with Gasteiger partial charge in [-0.1, -0.05) is 0 Å². The summed E-state index contributed by atoms with van der Waals surface area (Å²) in [6.07, 6.45) is -3.36. The molecule has 5 nitrogen and oxygen atoms in total. The van der Waals surface area contributed by atoms with Crippen LogP contribution in [0, 0.1) is 0 Å². The Bertz CT molecular complexity index is 534. The van der Waals surface area contributed by atoms with E-state index in [9.17, 15) is 23.1 Å². The number of aliphatic hydroxyl groups excluding tert-OH is 1. The first-order chi connectivity index (χ1) is 9.81. The molecule has 0 radical (unpaired) electrons. The largest absolute Gasteiger partial charge is 0.573 e. The number of alkyl halides is 3. The minimum absolute atomic E-state index is 0.142. The third-order valence-electron chi connectivity index (χ3n) is 3.33. The molecule has 2 rings (SSSR count). The van der Waals surface area contributed by atoms with Crippen LogP contribution in [-0.4, -0.2) is 41.5 Å². The zero-order chi connectivity index (χ0) is 15.6. The molecule has 1 atom stereocenters. The van der Waals surface area contributed by atoms with Crippen molar-refractivity contribution in [3.8, 4) is 5.75 Å². The maximum Gasteiger partial charge on any atom is 0.573 e. The third kappa shape index (κ3) is 3.57. The van der Waals surface area contributed by atoms with Gasteiger partial charge < -0.3 is 20.5 Å². The van der Waals surface area contributed by atoms with Crippen molar-refractivity contribution in [2.75, 3.05) is 18.9 Å². The lowest BCUT2D eigenvalue weighted by Gasteiger charge is -2.23. The summed E-state index contributed by atoms with van der Waals surface area (Å²) in [5.74, 6) is -0.906. The highest BCUT2D eigenvalue weighted by molar-refractivity contribution is 5.95. The molecule has 1 saturated heterocycles. The number of aliphatic hydroxyl groups is 1. The summed E-state index contributed by atoms with van der Waals surface area (Å²) < 4.78 is 40.2. The molecule has 21 heavy (non-hydrogen) atoms. The molecule has 1 heterocycles. The van der Waals surface area contributed by atoms with Gasteiger partial charge in [-0.25, -0.2) is 0 Å². The van der Waals surface area contributed by atoms with Crippen LogP contribution in [0.5, 0.6) is 5.75 Å². The van der Waals surface area contributed by atoms with E-state index in [0.717, 1.165) is 18.6 Å². The molecule has 0 aliphatic carbocycles. The van der Waals surface area contributed by atoms with Gasteiger partial charge in [0.15, 0.2) is 5.75 Å². The summed E-state index contributed by atoms with van der Waals surface area (Å²) in [7, 11) is 0. The van der Waals surface area contributed by atoms with Crippen LogP contribution >= 0.6 is 0 Å². The lowest BCUT2D eigenvalue weighted by molar-refractivity contribution is -0.274. The fourth-order valence-electron chi connectivity index (χ4n) is 2.36. The Morgan fingerprint density at radius 1 is 1.48 bits per heavy atom. The number of benzene rings is 1. The summed E-state index contributed by atoms with van der Waals surface area (Å²) in [6.45, 7) is 0.362. The number of ether oxygens (including phenoxy) is 1. The van der Waals surface area contributed by atoms with E-state index in [1.165, 1.54) is 11.0 Å². The molecule has 0 spiro atoms. The number of nitrogens with zero attached hydrogens (tertiary/aromatic N) is 1. The van der Waals surface area contributed by atoms with Crippen LogP contribution in [-0.2, 0) is 0 Å². The number of carbonyl (C=O) groups is 1. The summed E-state index contributed by atoms with van der Waals surface area (Å²) in [6, 6.07) is 3.13. The van der Waals surface area contributed by atoms with Crippen LogP contribution in [0.2, 0.25) is 0 Å². The van der Waals surface area contributed by atoms with Crippen molar-refractivity contribution < 1.29 is 27.8 Å². The predicted octanol–water partition coefficient (Wildman–Crippen LogP) is 1.76. The first-order valence-electron chi connectivity index (χ1n) is 6.39. The number of hydrogen-bond acceptors (Lipinski definition) is 4. The van der Waals surface area contributed by atoms with Gasteiger partial charge in [0.2, 0.25) is 0 Å². The van der Waals surface area contributed by atoms with E-state index < -0.39 is 12.1 Å². The standard InChI is InChI=1S/C13H15F3N2O3/c14-13(15,16)21-11-4-3-8(6-10(11)17)12(20)18-5-1-2-9(18)7-19/h3-4,6,9,19H,1-2,5,7,17H2. The van der Waals surface area contributed by atoms with E-state index in [0.29, 0.717) is 13.0 Å². The highest BCUT2D eigenvalue weighted by Gasteiger charge is 2.33. The van der Waals surface area contributed by atoms with E-state index in [2.05, 4.69) is 4.74 Å². The number of halogens is 3. The van der Waals surface area contributed by atoms with Gasteiger partial charge >= 0.3 is 6.36 Å². The molecule has 1 aromatic rings. The van der Waals surface area contributed by atoms with Gasteiger partial charge in [-0.2, -0.15) is 0 Å². The first kappa shape index (κ1) is 15.4. The summed E-state index contributed by atoms with van der Waals surface area (Å²) >= 11 is 0. The maximum atomic E-state index is 12.3. The molecular formula is C13H15F3N2O3. The summed E-state index contributed by atoms with van der Waals surface area (Å²) in [5.41, 5.74) is 5.39. The fourth-order valence-corrected chi connectivity index (χ4v) is 2.36. The average molecular weight is 304 g/mol. The Balaban J connectivity index is 2.18. The van der Waals surface area contributed by atoms with Crippen LogP contribution in [0.25, 0.3) is 0 Å². The van der Waals surface area contributed by atoms with Crippen LogP contribution in [0.1, 0.15) is 23.2 Å². The van der Waals surface area contributed by atoms with Gasteiger partial charge in [-0.05, 0) is 31.0 Å². The maximum absolute atomic E-state index is 12.3. The summed E-state index contributed by atoms with van der Waals surface area (Å²) in [4.78, 5) is 13.8. The van der Waals surface area contributed by atoms with E-state index in [-0.39, 0.29) is 29.8 Å². The van der Waals surface area contributed by atoms with Gasteiger partial charge in [0.25, 0.3) is 5.91 Å². The molecule has 1 aliphatic rings. The van der Waals surface area contributed by atoms with Gasteiger partial charge in [-0.15, -0.1) is 13.2 Å². The lowest BCUT2D eigenvalue weighted by atomic mass is 10.1. The molecule has 1 aliphatic heterocycles. The average Bonchev–Trinajstić information content (AvgIpc) is 2.87. The highest BCUT2D eigenvalue weighted by Crippen LogP contribution is 2.30. The number of likely N-dealkylation sites (tertiary alicyclic amines) is 1. The Kier molecular flexibility index (Phi) is 4.26. The summed E-state index contributed by atoms with van der Waals surface area (Å²) in [5, 5.41) is 9.19. The molecule has 1 aromatic carbocycles. The number of rotatable bonds is 3. The molecule has 116 valence electrons. The van der Waals surface area contributed by atoms with E-state index >= 15 is 0 Å². The smallest absolute Gasteiger partial charge is 0.404 e. The van der Waals surface area contributed by atoms with Gasteiger partial charge in [0, 0.05) is 12.1 Å². The minimum Gasteiger partial charge on any atom is -0.404 e. The Labute approximate surface area is 119 Å². The van der Waals surface area contributed by atoms with Gasteiger partial charge in [0.1, 0.15) is 0 Å². The topological polar surface area (TPSA) is 75.8 Å². The fraction of sp³-hybridized carbons (Fsp3) is 0.462. The van der Waals surface area contributed by atoms with Crippen molar-refractivity contribution in [3.05, 3.63) is 23.8 Å². The number of carbonyl (C=O) groups excluding carboxylic acids is 1. The van der Waals surface area contributed by atoms with Crippen molar-refractivity contribution >= 4 is 11.6 Å². The van der Waals surface area contributed by atoms with Gasteiger partial charge in [-0.3, -0.25) is 4.79 Å². The number of nitrogen functional groups attached to an aromatic ring is 1. The van der Waals surface area contributed by atoms with E-state index in [4.69, 9.17) is 5.73 Å². The number of anilines is 1. The van der Waals surface area contributed by atoms with Crippen molar-refractivity contribution in [1.29, 1.82) is 0 Å². The minimum atomic E-state index is -4.84. The lowest BCUT2D eigenvalue weighted by Crippen LogP contribution is -2.37. The third-order valence-corrected chi connectivity index (χ3v) is 3.33. The molecule has 1 unspecified atom stereocenters. The van der Waals surface area contributed by atoms with Crippen molar-refractivity contribution in [2.24, 2.45) is 0 Å². The van der Waals surface area contributed by atoms with Crippen LogP contribution in [0.4, 0.5) is 18.9 Å². The molecule has 0 aromatic heterocycles. The Morgan fingerprint density at radius 3 is 2.76 bits per heavy atom. The van der Waals surface area contributed by atoms with E-state index in [1.54, 1.807) is 0 Å². The van der Waals surface area contributed by atoms with Crippen LogP contribution < -0.4 is 10.5 Å². The molecule has 1 amide bonds. The SMILES string of the molecule is Nc1cc(C(=O)N2CCCC2CO)ccc1OC(F)(F)F. The second-order valence-electron chi connectivity index (χ2n) is 4.78. The van der Waals surface area contributed by atoms with Crippen LogP contribution in [0.3, 0.4) is 0 Å². The predicted molar refractivity (Wildman–Crippen MR) is 68.7 cm³/mol. The van der Waals surface area contributed by atoms with Crippen molar-refractivity contribution in [1.82, 2.24) is 4.90 Å². The Hall–Kier alpha value is -1.96.